The van der Waals surface area contributed by atoms with Crippen LogP contribution < -0.4 is 0 Å². The largest absolute Gasteiger partial charge is 0.463 e. The van der Waals surface area contributed by atoms with E-state index in [1.807, 2.05) is 31.2 Å². The molecule has 0 saturated heterocycles. The van der Waals surface area contributed by atoms with Crippen molar-refractivity contribution < 1.29 is 9.34 Å². The van der Waals surface area contributed by atoms with Crippen LogP contribution in [0.1, 0.15) is 5.56 Å². The molecule has 0 N–H and O–H groups in total. The highest BCUT2D eigenvalue weighted by molar-refractivity contribution is 5.75. The van der Waals surface area contributed by atoms with E-state index in [1.165, 1.54) is 17.7 Å². The van der Waals surface area contributed by atoms with Gasteiger partial charge in [0.15, 0.2) is 5.76 Å². The number of rotatable bonds is 4. The first kappa shape index (κ1) is 16.7. The Morgan fingerprint density at radius 2 is 1.52 bits per heavy atom. The maximum absolute atomic E-state index is 10.9. The van der Waals surface area contributed by atoms with Crippen LogP contribution in [0.5, 0.6) is 0 Å². The third kappa shape index (κ3) is 3.48. The van der Waals surface area contributed by atoms with Crippen molar-refractivity contribution in [2.45, 2.75) is 6.92 Å². The van der Waals surface area contributed by atoms with Gasteiger partial charge in [-0.25, -0.2) is 4.98 Å². The lowest BCUT2D eigenvalue weighted by Crippen LogP contribution is -1.92. The molecule has 132 valence electrons. The summed E-state index contributed by atoms with van der Waals surface area (Å²) < 4.78 is 5.52. The van der Waals surface area contributed by atoms with Crippen LogP contribution in [0.3, 0.4) is 0 Å². The van der Waals surface area contributed by atoms with Gasteiger partial charge in [0.2, 0.25) is 0 Å². The van der Waals surface area contributed by atoms with Crippen molar-refractivity contribution >= 4 is 5.69 Å². The van der Waals surface area contributed by atoms with Crippen molar-refractivity contribution in [3.8, 4) is 33.8 Å². The average Bonchev–Trinajstić information content (AvgIpc) is 3.23. The second-order valence-electron chi connectivity index (χ2n) is 6.27. The quantitative estimate of drug-likeness (QED) is 0.337. The number of hydrogen-bond donors (Lipinski definition) is 0. The van der Waals surface area contributed by atoms with Crippen LogP contribution in [-0.2, 0) is 0 Å². The van der Waals surface area contributed by atoms with E-state index in [0.717, 1.165) is 22.4 Å². The highest BCUT2D eigenvalue weighted by atomic mass is 16.6. The van der Waals surface area contributed by atoms with Gasteiger partial charge < -0.3 is 4.42 Å². The van der Waals surface area contributed by atoms with Gasteiger partial charge in [0, 0.05) is 17.7 Å². The maximum Gasteiger partial charge on any atom is 0.269 e. The molecular weight excluding hydrogens is 340 g/mol. The van der Waals surface area contributed by atoms with E-state index in [1.54, 1.807) is 18.4 Å². The van der Waals surface area contributed by atoms with E-state index in [4.69, 9.17) is 9.40 Å². The molecule has 2 heterocycles. The highest BCUT2D eigenvalue weighted by Gasteiger charge is 2.12. The standard InChI is InChI=1S/C22H16N2O3/c1-15-4-6-16(7-5-15)18-13-20(17-8-10-19(11-9-17)24(25)26)23-21(14-18)22-3-2-12-27-22/h2-14H,1H3. The van der Waals surface area contributed by atoms with Crippen LogP contribution in [-0.4, -0.2) is 9.91 Å². The van der Waals surface area contributed by atoms with Crippen molar-refractivity contribution in [3.05, 3.63) is 94.7 Å². The molecule has 2 aromatic carbocycles. The molecule has 0 fully saturated rings. The Balaban J connectivity index is 1.85. The van der Waals surface area contributed by atoms with Crippen molar-refractivity contribution in [1.82, 2.24) is 4.98 Å². The summed E-state index contributed by atoms with van der Waals surface area (Å²) in [5.41, 5.74) is 5.57. The van der Waals surface area contributed by atoms with E-state index in [9.17, 15) is 10.1 Å². The molecule has 0 radical (unpaired) electrons. The minimum absolute atomic E-state index is 0.0553. The van der Waals surface area contributed by atoms with Crippen LogP contribution in [0.2, 0.25) is 0 Å². The second-order valence-corrected chi connectivity index (χ2v) is 6.27. The van der Waals surface area contributed by atoms with Crippen LogP contribution >= 0.6 is 0 Å². The Morgan fingerprint density at radius 1 is 0.852 bits per heavy atom. The summed E-state index contributed by atoms with van der Waals surface area (Å²) in [5.74, 6) is 0.673. The Kier molecular flexibility index (Phi) is 4.26. The summed E-state index contributed by atoms with van der Waals surface area (Å²) in [4.78, 5) is 15.2. The van der Waals surface area contributed by atoms with Gasteiger partial charge in [-0.15, -0.1) is 0 Å². The molecule has 0 aliphatic carbocycles. The number of aromatic nitrogens is 1. The van der Waals surface area contributed by atoms with Gasteiger partial charge in [-0.3, -0.25) is 10.1 Å². The summed E-state index contributed by atoms with van der Waals surface area (Å²) in [7, 11) is 0. The van der Waals surface area contributed by atoms with Crippen LogP contribution in [0.25, 0.3) is 33.8 Å². The minimum Gasteiger partial charge on any atom is -0.463 e. The Labute approximate surface area is 156 Å². The van der Waals surface area contributed by atoms with Gasteiger partial charge in [0.1, 0.15) is 5.69 Å². The van der Waals surface area contributed by atoms with Gasteiger partial charge in [-0.1, -0.05) is 29.8 Å². The zero-order valence-electron chi connectivity index (χ0n) is 14.6. The van der Waals surface area contributed by atoms with E-state index < -0.39 is 4.92 Å². The number of furan rings is 1. The van der Waals surface area contributed by atoms with Crippen LogP contribution in [0.4, 0.5) is 5.69 Å². The second kappa shape index (κ2) is 6.88. The average molecular weight is 356 g/mol. The Bertz CT molecular complexity index is 1080. The molecule has 27 heavy (non-hydrogen) atoms. The summed E-state index contributed by atoms with van der Waals surface area (Å²) in [6.45, 7) is 2.05. The first-order valence-electron chi connectivity index (χ1n) is 8.48. The van der Waals surface area contributed by atoms with Gasteiger partial charge in [-0.05, 0) is 54.4 Å². The number of nitro groups is 1. The monoisotopic (exact) mass is 356 g/mol. The molecule has 0 bridgehead atoms. The number of hydrogen-bond acceptors (Lipinski definition) is 4. The van der Waals surface area contributed by atoms with Crippen LogP contribution in [0.15, 0.2) is 83.5 Å². The van der Waals surface area contributed by atoms with Gasteiger partial charge >= 0.3 is 0 Å². The van der Waals surface area contributed by atoms with Crippen molar-refractivity contribution in [3.63, 3.8) is 0 Å². The van der Waals surface area contributed by atoms with Crippen molar-refractivity contribution in [2.24, 2.45) is 0 Å². The molecule has 0 atom stereocenters. The van der Waals surface area contributed by atoms with Crippen molar-refractivity contribution in [2.75, 3.05) is 0 Å². The van der Waals surface area contributed by atoms with E-state index >= 15 is 0 Å². The number of nitrogens with zero attached hydrogens (tertiary/aromatic N) is 2. The third-order valence-electron chi connectivity index (χ3n) is 4.36. The number of aryl methyl sites for hydroxylation is 1. The summed E-state index contributed by atoms with van der Waals surface area (Å²) in [6.07, 6.45) is 1.61. The molecule has 2 aromatic heterocycles. The number of benzene rings is 2. The van der Waals surface area contributed by atoms with E-state index in [-0.39, 0.29) is 5.69 Å². The Hall–Kier alpha value is -3.73. The zero-order chi connectivity index (χ0) is 18.8. The normalized spacial score (nSPS) is 10.7. The predicted octanol–water partition coefficient (Wildman–Crippen LogP) is 5.89. The molecule has 4 aromatic rings. The lowest BCUT2D eigenvalue weighted by molar-refractivity contribution is -0.384. The lowest BCUT2D eigenvalue weighted by atomic mass is 10.0. The Morgan fingerprint density at radius 3 is 2.15 bits per heavy atom. The topological polar surface area (TPSA) is 69.2 Å². The zero-order valence-corrected chi connectivity index (χ0v) is 14.6. The van der Waals surface area contributed by atoms with Gasteiger partial charge in [0.25, 0.3) is 5.69 Å². The van der Waals surface area contributed by atoms with E-state index in [2.05, 4.69) is 24.3 Å². The highest BCUT2D eigenvalue weighted by Crippen LogP contribution is 2.31. The molecule has 0 aliphatic rings. The van der Waals surface area contributed by atoms with Crippen LogP contribution in [0, 0.1) is 17.0 Å². The SMILES string of the molecule is Cc1ccc(-c2cc(-c3ccc([N+](=O)[O-])cc3)nc(-c3ccco3)c2)cc1. The molecule has 0 amide bonds. The molecule has 5 nitrogen and oxygen atoms in total. The van der Waals surface area contributed by atoms with Crippen molar-refractivity contribution in [1.29, 1.82) is 0 Å². The molecule has 5 heteroatoms. The molecule has 0 aliphatic heterocycles. The summed E-state index contributed by atoms with van der Waals surface area (Å²) in [5, 5.41) is 10.9. The molecule has 0 unspecified atom stereocenters. The minimum atomic E-state index is -0.409. The first-order chi connectivity index (χ1) is 13.1. The summed E-state index contributed by atoms with van der Waals surface area (Å²) in [6, 6.07) is 22.3. The molecular formula is C22H16N2O3. The van der Waals surface area contributed by atoms with Gasteiger partial charge in [-0.2, -0.15) is 0 Å². The van der Waals surface area contributed by atoms with E-state index in [0.29, 0.717) is 11.5 Å². The maximum atomic E-state index is 10.9. The molecule has 4 rings (SSSR count). The first-order valence-corrected chi connectivity index (χ1v) is 8.48. The third-order valence-corrected chi connectivity index (χ3v) is 4.36. The number of pyridine rings is 1. The fourth-order valence-corrected chi connectivity index (χ4v) is 2.90. The number of non-ortho nitro benzene ring substituents is 1. The fraction of sp³-hybridized carbons (Fsp3) is 0.0455. The summed E-state index contributed by atoms with van der Waals surface area (Å²) >= 11 is 0. The lowest BCUT2D eigenvalue weighted by Gasteiger charge is -2.09. The van der Waals surface area contributed by atoms with Gasteiger partial charge in [0.05, 0.1) is 16.9 Å². The predicted molar refractivity (Wildman–Crippen MR) is 104 cm³/mol. The molecule has 0 spiro atoms. The molecule has 0 saturated carbocycles. The fourth-order valence-electron chi connectivity index (χ4n) is 2.90. The number of nitro benzene ring substituents is 1. The smallest absolute Gasteiger partial charge is 0.269 e.